The number of terminal acetylenes is 1. The Kier molecular flexibility index (Phi) is 5.27. The Morgan fingerprint density at radius 1 is 1.50 bits per heavy atom. The summed E-state index contributed by atoms with van der Waals surface area (Å²) >= 11 is 0. The Bertz CT molecular complexity index is 633. The van der Waals surface area contributed by atoms with E-state index in [1.807, 2.05) is 0 Å². The molecule has 0 spiro atoms. The van der Waals surface area contributed by atoms with Crippen LogP contribution in [0.2, 0.25) is 0 Å². The zero-order chi connectivity index (χ0) is 15.3. The highest BCUT2D eigenvalue weighted by Crippen LogP contribution is 2.18. The third kappa shape index (κ3) is 3.81. The van der Waals surface area contributed by atoms with E-state index in [-0.39, 0.29) is 11.3 Å². The fourth-order valence-corrected chi connectivity index (χ4v) is 2.35. The summed E-state index contributed by atoms with van der Waals surface area (Å²) in [6.45, 7) is 0. The topological polar surface area (TPSA) is 92.5 Å². The van der Waals surface area contributed by atoms with E-state index in [1.54, 1.807) is 12.1 Å². The quantitative estimate of drug-likeness (QED) is 0.760. The van der Waals surface area contributed by atoms with Gasteiger partial charge in [-0.25, -0.2) is 12.7 Å². The first kappa shape index (κ1) is 16.2. The van der Waals surface area contributed by atoms with Crippen LogP contribution in [0.15, 0.2) is 29.2 Å². The Morgan fingerprint density at radius 2 is 2.15 bits per heavy atom. The smallest absolute Gasteiger partial charge is 0.242 e. The van der Waals surface area contributed by atoms with Crippen LogP contribution in [0.3, 0.4) is 0 Å². The lowest BCUT2D eigenvalue weighted by Gasteiger charge is -2.13. The fraction of sp³-hybridized carbons (Fsp3) is 0.308. The molecule has 7 heteroatoms. The van der Waals surface area contributed by atoms with Gasteiger partial charge in [-0.1, -0.05) is 6.07 Å². The molecule has 0 aliphatic heterocycles. The molecular weight excluding hydrogens is 278 g/mol. The van der Waals surface area contributed by atoms with Gasteiger partial charge in [-0.05, 0) is 18.2 Å². The molecular formula is C13H17N3O3S. The number of nitrogens with one attached hydrogen (secondary N) is 1. The largest absolute Gasteiger partial charge is 0.325 e. The Balaban J connectivity index is 2.96. The van der Waals surface area contributed by atoms with Crippen molar-refractivity contribution in [2.75, 3.05) is 19.4 Å². The molecule has 0 aromatic heterocycles. The van der Waals surface area contributed by atoms with E-state index in [0.29, 0.717) is 5.69 Å². The number of anilines is 1. The van der Waals surface area contributed by atoms with Crippen LogP contribution < -0.4 is 11.1 Å². The van der Waals surface area contributed by atoms with E-state index in [2.05, 4.69) is 11.2 Å². The van der Waals surface area contributed by atoms with Crippen molar-refractivity contribution in [1.82, 2.24) is 4.31 Å². The lowest BCUT2D eigenvalue weighted by atomic mass is 10.2. The monoisotopic (exact) mass is 295 g/mol. The minimum Gasteiger partial charge on any atom is -0.325 e. The van der Waals surface area contributed by atoms with Crippen LogP contribution in [0.5, 0.6) is 0 Å². The van der Waals surface area contributed by atoms with Crippen LogP contribution in [-0.2, 0) is 14.8 Å². The zero-order valence-electron chi connectivity index (χ0n) is 11.3. The molecule has 0 heterocycles. The standard InChI is InChI=1S/C13H17N3O3S/c1-4-6-12(14)13(17)15-10-7-5-8-11(9-10)20(18,19)16(2)3/h1,5,7-9,12H,6,14H2,2-3H3,(H,15,17). The molecule has 1 rings (SSSR count). The second-order valence-corrected chi connectivity index (χ2v) is 6.47. The summed E-state index contributed by atoms with van der Waals surface area (Å²) in [6.07, 6.45) is 5.19. The van der Waals surface area contributed by atoms with Crippen LogP contribution in [0, 0.1) is 12.3 Å². The van der Waals surface area contributed by atoms with Crippen LogP contribution in [0.4, 0.5) is 5.69 Å². The zero-order valence-corrected chi connectivity index (χ0v) is 12.1. The SMILES string of the molecule is C#CCC(N)C(=O)Nc1cccc(S(=O)(=O)N(C)C)c1. The molecule has 1 aromatic rings. The maximum Gasteiger partial charge on any atom is 0.242 e. The number of sulfonamides is 1. The van der Waals surface area contributed by atoms with Gasteiger partial charge in [0, 0.05) is 26.2 Å². The highest BCUT2D eigenvalue weighted by atomic mass is 32.2. The summed E-state index contributed by atoms with van der Waals surface area (Å²) in [6, 6.07) is 5.12. The molecule has 0 saturated heterocycles. The number of nitrogens with two attached hydrogens (primary N) is 1. The van der Waals surface area contributed by atoms with Gasteiger partial charge in [0.25, 0.3) is 0 Å². The first-order valence-corrected chi connectivity index (χ1v) is 7.25. The first-order chi connectivity index (χ1) is 9.28. The Hall–Kier alpha value is -1.88. The molecule has 20 heavy (non-hydrogen) atoms. The maximum atomic E-state index is 12.0. The van der Waals surface area contributed by atoms with Crippen LogP contribution in [0.25, 0.3) is 0 Å². The molecule has 1 unspecified atom stereocenters. The van der Waals surface area contributed by atoms with Gasteiger partial charge in [0.1, 0.15) is 0 Å². The van der Waals surface area contributed by atoms with E-state index in [0.717, 1.165) is 4.31 Å². The van der Waals surface area contributed by atoms with Crippen molar-refractivity contribution in [2.24, 2.45) is 5.73 Å². The van der Waals surface area contributed by atoms with Crippen molar-refractivity contribution in [2.45, 2.75) is 17.4 Å². The molecule has 3 N–H and O–H groups in total. The predicted octanol–water partition coefficient (Wildman–Crippen LogP) is 0.226. The molecule has 0 radical (unpaired) electrons. The third-order valence-corrected chi connectivity index (χ3v) is 4.37. The first-order valence-electron chi connectivity index (χ1n) is 5.81. The minimum absolute atomic E-state index is 0.0887. The van der Waals surface area contributed by atoms with Gasteiger partial charge in [0.15, 0.2) is 0 Å². The fourth-order valence-electron chi connectivity index (χ4n) is 1.40. The number of nitrogens with zero attached hydrogens (tertiary/aromatic N) is 1. The van der Waals surface area contributed by atoms with Crippen LogP contribution >= 0.6 is 0 Å². The number of rotatable bonds is 5. The van der Waals surface area contributed by atoms with Crippen molar-refractivity contribution < 1.29 is 13.2 Å². The molecule has 1 atom stereocenters. The van der Waals surface area contributed by atoms with E-state index in [9.17, 15) is 13.2 Å². The Labute approximate surface area is 119 Å². The van der Waals surface area contributed by atoms with E-state index in [4.69, 9.17) is 12.2 Å². The van der Waals surface area contributed by atoms with Gasteiger partial charge < -0.3 is 11.1 Å². The van der Waals surface area contributed by atoms with Crippen molar-refractivity contribution in [3.05, 3.63) is 24.3 Å². The molecule has 0 aliphatic rings. The van der Waals surface area contributed by atoms with Gasteiger partial charge >= 0.3 is 0 Å². The van der Waals surface area contributed by atoms with Gasteiger partial charge in [-0.15, -0.1) is 12.3 Å². The molecule has 1 aromatic carbocycles. The lowest BCUT2D eigenvalue weighted by Crippen LogP contribution is -2.35. The maximum absolute atomic E-state index is 12.0. The number of hydrogen-bond acceptors (Lipinski definition) is 4. The highest BCUT2D eigenvalue weighted by Gasteiger charge is 2.18. The van der Waals surface area contributed by atoms with Crippen LogP contribution in [-0.4, -0.2) is 38.8 Å². The van der Waals surface area contributed by atoms with Crippen molar-refractivity contribution >= 4 is 21.6 Å². The van der Waals surface area contributed by atoms with Gasteiger partial charge in [-0.2, -0.15) is 0 Å². The number of benzene rings is 1. The van der Waals surface area contributed by atoms with E-state index < -0.39 is 22.0 Å². The molecule has 0 fully saturated rings. The Morgan fingerprint density at radius 3 is 2.70 bits per heavy atom. The second-order valence-electron chi connectivity index (χ2n) is 4.32. The molecule has 0 bridgehead atoms. The third-order valence-electron chi connectivity index (χ3n) is 2.55. The van der Waals surface area contributed by atoms with E-state index in [1.165, 1.54) is 26.2 Å². The van der Waals surface area contributed by atoms with Gasteiger partial charge in [0.05, 0.1) is 10.9 Å². The summed E-state index contributed by atoms with van der Waals surface area (Å²) in [4.78, 5) is 11.8. The molecule has 0 aliphatic carbocycles. The summed E-state index contributed by atoms with van der Waals surface area (Å²) < 4.78 is 25.0. The summed E-state index contributed by atoms with van der Waals surface area (Å²) in [5, 5.41) is 2.54. The van der Waals surface area contributed by atoms with Gasteiger partial charge in [-0.3, -0.25) is 4.79 Å². The average molecular weight is 295 g/mol. The summed E-state index contributed by atoms with van der Waals surface area (Å²) in [5.74, 6) is 1.84. The molecule has 1 amide bonds. The minimum atomic E-state index is -3.55. The van der Waals surface area contributed by atoms with Crippen molar-refractivity contribution in [1.29, 1.82) is 0 Å². The average Bonchev–Trinajstić information content (AvgIpc) is 2.39. The summed E-state index contributed by atoms with van der Waals surface area (Å²) in [7, 11) is -0.679. The predicted molar refractivity (Wildman–Crippen MR) is 77.4 cm³/mol. The van der Waals surface area contributed by atoms with Crippen molar-refractivity contribution in [3.63, 3.8) is 0 Å². The van der Waals surface area contributed by atoms with Gasteiger partial charge in [0.2, 0.25) is 15.9 Å². The summed E-state index contributed by atoms with van der Waals surface area (Å²) in [5.41, 5.74) is 5.92. The van der Waals surface area contributed by atoms with Crippen LogP contribution in [0.1, 0.15) is 6.42 Å². The molecule has 6 nitrogen and oxygen atoms in total. The van der Waals surface area contributed by atoms with E-state index >= 15 is 0 Å². The molecule has 0 saturated carbocycles. The van der Waals surface area contributed by atoms with Crippen molar-refractivity contribution in [3.8, 4) is 12.3 Å². The number of amides is 1. The highest BCUT2D eigenvalue weighted by molar-refractivity contribution is 7.89. The lowest BCUT2D eigenvalue weighted by molar-refractivity contribution is -0.117. The number of carbonyl (C=O) groups excluding carboxylic acids is 1. The molecule has 108 valence electrons. The number of carbonyl (C=O) groups is 1. The normalized spacial score (nSPS) is 12.8. The number of hydrogen-bond donors (Lipinski definition) is 2. The second kappa shape index (κ2) is 6.52.